The lowest BCUT2D eigenvalue weighted by atomic mass is 10.2. The fourth-order valence-electron chi connectivity index (χ4n) is 1.37. The molecule has 4 nitrogen and oxygen atoms in total. The Morgan fingerprint density at radius 3 is 2.80 bits per heavy atom. The standard InChI is InChI=1S/C10H18ClN3O/c1-4-9(15)10-8(11)7-12-14(10)6-5-13(2)3/h7,9,15H,4-6H2,1-3H3. The van der Waals surface area contributed by atoms with Gasteiger partial charge in [-0.2, -0.15) is 5.10 Å². The van der Waals surface area contributed by atoms with E-state index >= 15 is 0 Å². The van der Waals surface area contributed by atoms with Crippen molar-refractivity contribution in [2.75, 3.05) is 20.6 Å². The predicted octanol–water partition coefficient (Wildman–Crippen LogP) is 1.54. The molecule has 0 radical (unpaired) electrons. The van der Waals surface area contributed by atoms with Gasteiger partial charge in [-0.05, 0) is 20.5 Å². The lowest BCUT2D eigenvalue weighted by molar-refractivity contribution is 0.161. The van der Waals surface area contributed by atoms with Gasteiger partial charge >= 0.3 is 0 Å². The SMILES string of the molecule is CCC(O)c1c(Cl)cnn1CCN(C)C. The highest BCUT2D eigenvalue weighted by molar-refractivity contribution is 6.31. The highest BCUT2D eigenvalue weighted by atomic mass is 35.5. The zero-order chi connectivity index (χ0) is 11.4. The first-order valence-corrected chi connectivity index (χ1v) is 5.48. The summed E-state index contributed by atoms with van der Waals surface area (Å²) in [5.74, 6) is 0. The lowest BCUT2D eigenvalue weighted by Crippen LogP contribution is -2.21. The average Bonchev–Trinajstić information content (AvgIpc) is 2.55. The van der Waals surface area contributed by atoms with Crippen LogP contribution < -0.4 is 0 Å². The van der Waals surface area contributed by atoms with Crippen LogP contribution in [0.1, 0.15) is 25.1 Å². The summed E-state index contributed by atoms with van der Waals surface area (Å²) in [6, 6.07) is 0. The molecule has 1 aromatic heterocycles. The number of hydrogen-bond acceptors (Lipinski definition) is 3. The number of nitrogens with zero attached hydrogens (tertiary/aromatic N) is 3. The monoisotopic (exact) mass is 231 g/mol. The molecule has 1 aromatic rings. The number of aliphatic hydroxyl groups is 1. The largest absolute Gasteiger partial charge is 0.387 e. The Morgan fingerprint density at radius 2 is 2.27 bits per heavy atom. The van der Waals surface area contributed by atoms with Crippen molar-refractivity contribution >= 4 is 11.6 Å². The van der Waals surface area contributed by atoms with E-state index in [1.54, 1.807) is 10.9 Å². The van der Waals surface area contributed by atoms with Crippen LogP contribution in [0.25, 0.3) is 0 Å². The van der Waals surface area contributed by atoms with E-state index in [2.05, 4.69) is 10.00 Å². The van der Waals surface area contributed by atoms with Crippen LogP contribution in [0.4, 0.5) is 0 Å². The third-order valence-corrected chi connectivity index (χ3v) is 2.59. The van der Waals surface area contributed by atoms with E-state index in [9.17, 15) is 5.11 Å². The van der Waals surface area contributed by atoms with Gasteiger partial charge in [-0.25, -0.2) is 0 Å². The Kier molecular flexibility index (Phi) is 4.57. The molecule has 86 valence electrons. The van der Waals surface area contributed by atoms with Gasteiger partial charge < -0.3 is 10.0 Å². The number of hydrogen-bond donors (Lipinski definition) is 1. The summed E-state index contributed by atoms with van der Waals surface area (Å²) in [4.78, 5) is 2.07. The molecule has 1 atom stereocenters. The van der Waals surface area contributed by atoms with Crippen molar-refractivity contribution in [3.63, 3.8) is 0 Å². The fraction of sp³-hybridized carbons (Fsp3) is 0.700. The van der Waals surface area contributed by atoms with Crippen molar-refractivity contribution in [2.24, 2.45) is 0 Å². The summed E-state index contributed by atoms with van der Waals surface area (Å²) in [6.07, 6.45) is 1.71. The summed E-state index contributed by atoms with van der Waals surface area (Å²) < 4.78 is 1.77. The Morgan fingerprint density at radius 1 is 1.60 bits per heavy atom. The molecule has 0 spiro atoms. The first-order valence-electron chi connectivity index (χ1n) is 5.10. The number of aromatic nitrogens is 2. The van der Waals surface area contributed by atoms with Crippen LogP contribution in [0.2, 0.25) is 5.02 Å². The third-order valence-electron chi connectivity index (χ3n) is 2.29. The van der Waals surface area contributed by atoms with Gasteiger partial charge in [-0.15, -0.1) is 0 Å². The van der Waals surface area contributed by atoms with Crippen LogP contribution in [-0.4, -0.2) is 40.4 Å². The Balaban J connectivity index is 2.79. The highest BCUT2D eigenvalue weighted by Gasteiger charge is 2.16. The van der Waals surface area contributed by atoms with Gasteiger partial charge in [0.25, 0.3) is 0 Å². The first kappa shape index (κ1) is 12.5. The van der Waals surface area contributed by atoms with E-state index < -0.39 is 6.10 Å². The number of halogens is 1. The van der Waals surface area contributed by atoms with Crippen molar-refractivity contribution in [1.82, 2.24) is 14.7 Å². The van der Waals surface area contributed by atoms with E-state index in [1.165, 1.54) is 0 Å². The first-order chi connectivity index (χ1) is 7.06. The molecule has 1 N–H and O–H groups in total. The average molecular weight is 232 g/mol. The summed E-state index contributed by atoms with van der Waals surface area (Å²) in [5.41, 5.74) is 0.723. The summed E-state index contributed by atoms with van der Waals surface area (Å²) in [5, 5.41) is 14.5. The Labute approximate surface area is 95.5 Å². The van der Waals surface area contributed by atoms with Gasteiger partial charge in [0.15, 0.2) is 0 Å². The van der Waals surface area contributed by atoms with Crippen molar-refractivity contribution < 1.29 is 5.11 Å². The van der Waals surface area contributed by atoms with E-state index in [4.69, 9.17) is 11.6 Å². The zero-order valence-electron chi connectivity index (χ0n) is 9.44. The van der Waals surface area contributed by atoms with E-state index in [-0.39, 0.29) is 0 Å². The van der Waals surface area contributed by atoms with Crippen molar-refractivity contribution in [1.29, 1.82) is 0 Å². The molecule has 0 saturated carbocycles. The minimum atomic E-state index is -0.526. The topological polar surface area (TPSA) is 41.3 Å². The van der Waals surface area contributed by atoms with Gasteiger partial charge in [0.05, 0.1) is 29.6 Å². The van der Waals surface area contributed by atoms with Crippen molar-refractivity contribution in [2.45, 2.75) is 26.0 Å². The summed E-state index contributed by atoms with van der Waals surface area (Å²) in [7, 11) is 4.00. The van der Waals surface area contributed by atoms with Crippen LogP contribution >= 0.6 is 11.6 Å². The molecule has 0 amide bonds. The van der Waals surface area contributed by atoms with E-state index in [1.807, 2.05) is 21.0 Å². The van der Waals surface area contributed by atoms with E-state index in [0.717, 1.165) is 18.8 Å². The summed E-state index contributed by atoms with van der Waals surface area (Å²) >= 11 is 5.98. The smallest absolute Gasteiger partial charge is 0.0969 e. The Hall–Kier alpha value is -0.580. The Bertz CT molecular complexity index is 312. The predicted molar refractivity (Wildman–Crippen MR) is 61.0 cm³/mol. The molecule has 1 unspecified atom stereocenters. The second kappa shape index (κ2) is 5.49. The molecule has 0 saturated heterocycles. The molecule has 0 fully saturated rings. The van der Waals surface area contributed by atoms with Gasteiger partial charge in [0.1, 0.15) is 0 Å². The van der Waals surface area contributed by atoms with Gasteiger partial charge in [0.2, 0.25) is 0 Å². The third kappa shape index (κ3) is 3.19. The molecule has 0 aliphatic carbocycles. The van der Waals surface area contributed by atoms with Gasteiger partial charge in [0, 0.05) is 6.54 Å². The number of rotatable bonds is 5. The number of likely N-dealkylation sites (N-methyl/N-ethyl adjacent to an activating group) is 1. The minimum absolute atomic E-state index is 0.526. The molecular formula is C10H18ClN3O. The molecule has 0 bridgehead atoms. The molecular weight excluding hydrogens is 214 g/mol. The molecule has 0 aromatic carbocycles. The zero-order valence-corrected chi connectivity index (χ0v) is 10.2. The second-order valence-corrected chi connectivity index (χ2v) is 4.24. The molecule has 15 heavy (non-hydrogen) atoms. The maximum atomic E-state index is 9.79. The minimum Gasteiger partial charge on any atom is -0.387 e. The molecule has 5 heteroatoms. The van der Waals surface area contributed by atoms with Crippen LogP contribution in [0.3, 0.4) is 0 Å². The molecule has 0 aliphatic heterocycles. The molecule has 1 heterocycles. The van der Waals surface area contributed by atoms with Crippen LogP contribution in [0, 0.1) is 0 Å². The number of aliphatic hydroxyl groups excluding tert-OH is 1. The maximum absolute atomic E-state index is 9.79. The van der Waals surface area contributed by atoms with Crippen molar-refractivity contribution in [3.8, 4) is 0 Å². The van der Waals surface area contributed by atoms with Gasteiger partial charge in [-0.1, -0.05) is 18.5 Å². The lowest BCUT2D eigenvalue weighted by Gasteiger charge is -2.14. The maximum Gasteiger partial charge on any atom is 0.0969 e. The van der Waals surface area contributed by atoms with Crippen LogP contribution in [-0.2, 0) is 6.54 Å². The van der Waals surface area contributed by atoms with E-state index in [0.29, 0.717) is 11.4 Å². The fourth-order valence-corrected chi connectivity index (χ4v) is 1.64. The second-order valence-electron chi connectivity index (χ2n) is 3.83. The van der Waals surface area contributed by atoms with Crippen molar-refractivity contribution in [3.05, 3.63) is 16.9 Å². The molecule has 0 aliphatic rings. The highest BCUT2D eigenvalue weighted by Crippen LogP contribution is 2.24. The van der Waals surface area contributed by atoms with Gasteiger partial charge in [-0.3, -0.25) is 4.68 Å². The normalized spacial score (nSPS) is 13.5. The summed E-state index contributed by atoms with van der Waals surface area (Å²) in [6.45, 7) is 3.54. The molecule has 1 rings (SSSR count). The van der Waals surface area contributed by atoms with Crippen LogP contribution in [0.5, 0.6) is 0 Å². The quantitative estimate of drug-likeness (QED) is 0.836. The van der Waals surface area contributed by atoms with Crippen LogP contribution in [0.15, 0.2) is 6.20 Å².